The third-order valence-corrected chi connectivity index (χ3v) is 3.51. The van der Waals surface area contributed by atoms with Crippen LogP contribution in [-0.2, 0) is 11.3 Å². The van der Waals surface area contributed by atoms with Gasteiger partial charge in [0.05, 0.1) is 26.1 Å². The highest BCUT2D eigenvalue weighted by Gasteiger charge is 2.31. The fourth-order valence-corrected chi connectivity index (χ4v) is 2.14. The first-order valence-electron chi connectivity index (χ1n) is 6.66. The maximum Gasteiger partial charge on any atom is 0.345 e. The monoisotopic (exact) mass is 277 g/mol. The molecule has 1 fully saturated rings. The standard InChI is InChI=1S/C13H19N5O2/c1-8(9-4-5-9)16-12-10(13(19)20-2)11(15)18(17-12)7-3-6-14/h8-9H,3-5,7,15H2,1-2H3,(H,16,17). The molecule has 108 valence electrons. The first kappa shape index (κ1) is 14.2. The number of esters is 1. The predicted molar refractivity (Wildman–Crippen MR) is 74.0 cm³/mol. The molecular formula is C13H19N5O2. The SMILES string of the molecule is COC(=O)c1c(NC(C)C2CC2)nn(CCC#N)c1N. The Labute approximate surface area is 117 Å². The summed E-state index contributed by atoms with van der Waals surface area (Å²) in [5, 5.41) is 16.2. The van der Waals surface area contributed by atoms with E-state index in [0.29, 0.717) is 18.3 Å². The molecule has 2 rings (SSSR count). The lowest BCUT2D eigenvalue weighted by molar-refractivity contribution is 0.0603. The number of carbonyl (C=O) groups excluding carboxylic acids is 1. The van der Waals surface area contributed by atoms with E-state index in [4.69, 9.17) is 15.7 Å². The minimum absolute atomic E-state index is 0.233. The fraction of sp³-hybridized carbons (Fsp3) is 0.615. The topological polar surface area (TPSA) is 106 Å². The maximum absolute atomic E-state index is 11.8. The summed E-state index contributed by atoms with van der Waals surface area (Å²) >= 11 is 0. The molecule has 1 aromatic rings. The average Bonchev–Trinajstić information content (AvgIpc) is 3.23. The van der Waals surface area contributed by atoms with Crippen molar-refractivity contribution in [3.05, 3.63) is 5.56 Å². The Balaban J connectivity index is 2.27. The summed E-state index contributed by atoms with van der Waals surface area (Å²) in [5.74, 6) is 0.770. The number of nitriles is 1. The number of nitrogen functional groups attached to an aromatic ring is 1. The van der Waals surface area contributed by atoms with Crippen LogP contribution >= 0.6 is 0 Å². The van der Waals surface area contributed by atoms with Crippen molar-refractivity contribution in [2.45, 2.75) is 38.8 Å². The van der Waals surface area contributed by atoms with E-state index in [0.717, 1.165) is 0 Å². The van der Waals surface area contributed by atoms with Crippen molar-refractivity contribution in [2.24, 2.45) is 5.92 Å². The molecule has 0 spiro atoms. The van der Waals surface area contributed by atoms with E-state index in [1.807, 2.05) is 6.07 Å². The van der Waals surface area contributed by atoms with Gasteiger partial charge >= 0.3 is 5.97 Å². The molecule has 1 aromatic heterocycles. The zero-order chi connectivity index (χ0) is 14.7. The first-order chi connectivity index (χ1) is 9.58. The van der Waals surface area contributed by atoms with Gasteiger partial charge in [-0.05, 0) is 25.7 Å². The Morgan fingerprint density at radius 1 is 1.70 bits per heavy atom. The fourth-order valence-electron chi connectivity index (χ4n) is 2.14. The van der Waals surface area contributed by atoms with Gasteiger partial charge in [0, 0.05) is 6.04 Å². The summed E-state index contributed by atoms with van der Waals surface area (Å²) < 4.78 is 6.23. The molecule has 1 aliphatic rings. The number of carbonyl (C=O) groups is 1. The molecule has 7 nitrogen and oxygen atoms in total. The van der Waals surface area contributed by atoms with Crippen LogP contribution in [0.25, 0.3) is 0 Å². The summed E-state index contributed by atoms with van der Waals surface area (Å²) in [6.07, 6.45) is 2.66. The van der Waals surface area contributed by atoms with Gasteiger partial charge < -0.3 is 15.8 Å². The van der Waals surface area contributed by atoms with Gasteiger partial charge in [-0.15, -0.1) is 0 Å². The second-order valence-electron chi connectivity index (χ2n) is 5.00. The van der Waals surface area contributed by atoms with Crippen LogP contribution < -0.4 is 11.1 Å². The molecule has 1 atom stereocenters. The van der Waals surface area contributed by atoms with Gasteiger partial charge in [-0.3, -0.25) is 0 Å². The van der Waals surface area contributed by atoms with Crippen LogP contribution in [0.2, 0.25) is 0 Å². The van der Waals surface area contributed by atoms with Crippen molar-refractivity contribution in [3.8, 4) is 6.07 Å². The highest BCUT2D eigenvalue weighted by molar-refractivity contribution is 5.99. The lowest BCUT2D eigenvalue weighted by Gasteiger charge is -2.12. The molecule has 0 saturated heterocycles. The number of methoxy groups -OCH3 is 1. The number of nitrogens with one attached hydrogen (secondary N) is 1. The Bertz CT molecular complexity index is 542. The van der Waals surface area contributed by atoms with E-state index in [-0.39, 0.29) is 23.8 Å². The molecule has 1 aliphatic carbocycles. The van der Waals surface area contributed by atoms with E-state index >= 15 is 0 Å². The molecule has 0 amide bonds. The zero-order valence-corrected chi connectivity index (χ0v) is 11.7. The lowest BCUT2D eigenvalue weighted by Crippen LogP contribution is -2.19. The number of rotatable bonds is 6. The van der Waals surface area contributed by atoms with Crippen molar-refractivity contribution >= 4 is 17.6 Å². The molecule has 0 radical (unpaired) electrons. The van der Waals surface area contributed by atoms with Gasteiger partial charge in [-0.1, -0.05) is 0 Å². The summed E-state index contributed by atoms with van der Waals surface area (Å²) in [6, 6.07) is 2.26. The number of aromatic nitrogens is 2. The third-order valence-electron chi connectivity index (χ3n) is 3.51. The smallest absolute Gasteiger partial charge is 0.345 e. The van der Waals surface area contributed by atoms with Gasteiger partial charge in [0.25, 0.3) is 0 Å². The summed E-state index contributed by atoms with van der Waals surface area (Å²) in [4.78, 5) is 11.8. The van der Waals surface area contributed by atoms with E-state index in [1.165, 1.54) is 24.6 Å². The number of nitrogens with two attached hydrogens (primary N) is 1. The molecule has 7 heteroatoms. The molecule has 0 aromatic carbocycles. The molecule has 20 heavy (non-hydrogen) atoms. The predicted octanol–water partition coefficient (Wildman–Crippen LogP) is 1.38. The number of nitrogens with zero attached hydrogens (tertiary/aromatic N) is 3. The van der Waals surface area contributed by atoms with Crippen molar-refractivity contribution in [2.75, 3.05) is 18.2 Å². The molecule has 0 bridgehead atoms. The van der Waals surface area contributed by atoms with Crippen LogP contribution in [0.1, 0.15) is 36.5 Å². The van der Waals surface area contributed by atoms with Crippen LogP contribution in [0.3, 0.4) is 0 Å². The van der Waals surface area contributed by atoms with E-state index in [9.17, 15) is 4.79 Å². The van der Waals surface area contributed by atoms with Crippen molar-refractivity contribution in [3.63, 3.8) is 0 Å². The number of anilines is 2. The van der Waals surface area contributed by atoms with Crippen molar-refractivity contribution in [1.82, 2.24) is 9.78 Å². The van der Waals surface area contributed by atoms with E-state index in [2.05, 4.69) is 17.3 Å². The summed E-state index contributed by atoms with van der Waals surface area (Å²) in [5.41, 5.74) is 6.19. The van der Waals surface area contributed by atoms with Crippen LogP contribution in [0.4, 0.5) is 11.6 Å². The van der Waals surface area contributed by atoms with Crippen LogP contribution in [0.15, 0.2) is 0 Å². The van der Waals surface area contributed by atoms with Gasteiger partial charge in [0.15, 0.2) is 5.82 Å². The second-order valence-corrected chi connectivity index (χ2v) is 5.00. The quantitative estimate of drug-likeness (QED) is 0.761. The molecular weight excluding hydrogens is 258 g/mol. The molecule has 3 N–H and O–H groups in total. The maximum atomic E-state index is 11.8. The molecule has 1 saturated carbocycles. The highest BCUT2D eigenvalue weighted by atomic mass is 16.5. The molecule has 0 aliphatic heterocycles. The Hall–Kier alpha value is -2.23. The lowest BCUT2D eigenvalue weighted by atomic mass is 10.2. The highest BCUT2D eigenvalue weighted by Crippen LogP contribution is 2.35. The Kier molecular flexibility index (Phi) is 4.13. The Morgan fingerprint density at radius 2 is 2.40 bits per heavy atom. The van der Waals surface area contributed by atoms with Gasteiger partial charge in [-0.2, -0.15) is 10.4 Å². The average molecular weight is 277 g/mol. The minimum atomic E-state index is -0.517. The summed E-state index contributed by atoms with van der Waals surface area (Å²) in [6.45, 7) is 2.41. The van der Waals surface area contributed by atoms with Gasteiger partial charge in [-0.25, -0.2) is 9.48 Å². The zero-order valence-electron chi connectivity index (χ0n) is 11.7. The third kappa shape index (κ3) is 2.85. The van der Waals surface area contributed by atoms with Crippen molar-refractivity contribution < 1.29 is 9.53 Å². The minimum Gasteiger partial charge on any atom is -0.465 e. The van der Waals surface area contributed by atoms with Crippen LogP contribution in [-0.4, -0.2) is 28.9 Å². The number of hydrogen-bond donors (Lipinski definition) is 2. The second kappa shape index (κ2) is 5.82. The first-order valence-corrected chi connectivity index (χ1v) is 6.66. The molecule has 1 heterocycles. The number of ether oxygens (including phenoxy) is 1. The van der Waals surface area contributed by atoms with Crippen molar-refractivity contribution in [1.29, 1.82) is 5.26 Å². The number of hydrogen-bond acceptors (Lipinski definition) is 6. The normalized spacial score (nSPS) is 15.4. The van der Waals surface area contributed by atoms with E-state index in [1.54, 1.807) is 0 Å². The van der Waals surface area contributed by atoms with Gasteiger partial charge in [0.1, 0.15) is 11.4 Å². The molecule has 1 unspecified atom stereocenters. The largest absolute Gasteiger partial charge is 0.465 e. The van der Waals surface area contributed by atoms with Crippen LogP contribution in [0, 0.1) is 17.2 Å². The summed E-state index contributed by atoms with van der Waals surface area (Å²) in [7, 11) is 1.31. The number of aryl methyl sites for hydroxylation is 1. The Morgan fingerprint density at radius 3 is 2.95 bits per heavy atom. The van der Waals surface area contributed by atoms with Crippen LogP contribution in [0.5, 0.6) is 0 Å². The van der Waals surface area contributed by atoms with Gasteiger partial charge in [0.2, 0.25) is 0 Å². The van der Waals surface area contributed by atoms with E-state index < -0.39 is 5.97 Å².